The molecule has 0 aliphatic rings. The van der Waals surface area contributed by atoms with Crippen molar-refractivity contribution in [2.24, 2.45) is 0 Å². The molecule has 19 heavy (non-hydrogen) atoms. The molecule has 2 rings (SSSR count). The fourth-order valence-corrected chi connectivity index (χ4v) is 2.10. The molecule has 0 aliphatic carbocycles. The van der Waals surface area contributed by atoms with Gasteiger partial charge >= 0.3 is 0 Å². The fourth-order valence-electron chi connectivity index (χ4n) is 2.10. The van der Waals surface area contributed by atoms with E-state index >= 15 is 0 Å². The molecule has 0 heterocycles. The van der Waals surface area contributed by atoms with Gasteiger partial charge < -0.3 is 10.4 Å². The molecule has 0 saturated carbocycles. The minimum atomic E-state index is 0.112. The topological polar surface area (TPSA) is 32.3 Å². The zero-order valence-corrected chi connectivity index (χ0v) is 11.4. The quantitative estimate of drug-likeness (QED) is 0.778. The molecule has 2 nitrogen and oxygen atoms in total. The van der Waals surface area contributed by atoms with E-state index in [1.807, 2.05) is 12.1 Å². The number of nitrogens with one attached hydrogen (secondary N) is 1. The van der Waals surface area contributed by atoms with Crippen molar-refractivity contribution in [2.45, 2.75) is 26.5 Å². The standard InChI is InChI=1S/C17H21NO/c1-14-3-2-4-15(11-14)9-10-18-12-16-5-7-17(13-19)8-6-16/h2-8,11,18-19H,9-10,12-13H2,1H3. The van der Waals surface area contributed by atoms with Gasteiger partial charge in [0.2, 0.25) is 0 Å². The molecule has 0 aromatic heterocycles. The van der Waals surface area contributed by atoms with Gasteiger partial charge in [0.25, 0.3) is 0 Å². The second-order valence-corrected chi connectivity index (χ2v) is 4.89. The molecule has 0 spiro atoms. The smallest absolute Gasteiger partial charge is 0.0681 e. The van der Waals surface area contributed by atoms with Crippen molar-refractivity contribution >= 4 is 0 Å². The number of aryl methyl sites for hydroxylation is 1. The lowest BCUT2D eigenvalue weighted by molar-refractivity contribution is 0.282. The number of hydrogen-bond acceptors (Lipinski definition) is 2. The molecule has 2 aromatic carbocycles. The summed E-state index contributed by atoms with van der Waals surface area (Å²) in [6, 6.07) is 16.7. The van der Waals surface area contributed by atoms with Crippen molar-refractivity contribution < 1.29 is 5.11 Å². The average molecular weight is 255 g/mol. The molecule has 100 valence electrons. The number of aliphatic hydroxyl groups excluding tert-OH is 1. The number of rotatable bonds is 6. The Hall–Kier alpha value is -1.64. The Morgan fingerprint density at radius 1 is 0.947 bits per heavy atom. The van der Waals surface area contributed by atoms with Gasteiger partial charge in [-0.2, -0.15) is 0 Å². The highest BCUT2D eigenvalue weighted by Gasteiger charge is 1.96. The van der Waals surface area contributed by atoms with E-state index in [0.29, 0.717) is 0 Å². The third-order valence-corrected chi connectivity index (χ3v) is 3.21. The summed E-state index contributed by atoms with van der Waals surface area (Å²) in [6.07, 6.45) is 1.05. The SMILES string of the molecule is Cc1cccc(CCNCc2ccc(CO)cc2)c1. The summed E-state index contributed by atoms with van der Waals surface area (Å²) in [5.41, 5.74) is 4.91. The lowest BCUT2D eigenvalue weighted by Gasteiger charge is -2.06. The van der Waals surface area contributed by atoms with Gasteiger partial charge in [-0.3, -0.25) is 0 Å². The van der Waals surface area contributed by atoms with E-state index in [1.54, 1.807) is 0 Å². The van der Waals surface area contributed by atoms with Crippen LogP contribution < -0.4 is 5.32 Å². The summed E-state index contributed by atoms with van der Waals surface area (Å²) < 4.78 is 0. The second-order valence-electron chi connectivity index (χ2n) is 4.89. The van der Waals surface area contributed by atoms with Crippen LogP contribution >= 0.6 is 0 Å². The maximum absolute atomic E-state index is 8.98. The van der Waals surface area contributed by atoms with Crippen LogP contribution in [0.25, 0.3) is 0 Å². The van der Waals surface area contributed by atoms with Crippen LogP contribution in [-0.2, 0) is 19.6 Å². The van der Waals surface area contributed by atoms with Gasteiger partial charge in [0.05, 0.1) is 6.61 Å². The van der Waals surface area contributed by atoms with Gasteiger partial charge in [0.1, 0.15) is 0 Å². The van der Waals surface area contributed by atoms with E-state index in [4.69, 9.17) is 5.11 Å². The summed E-state index contributed by atoms with van der Waals surface area (Å²) in [7, 11) is 0. The van der Waals surface area contributed by atoms with Crippen molar-refractivity contribution in [2.75, 3.05) is 6.54 Å². The maximum atomic E-state index is 8.98. The van der Waals surface area contributed by atoms with Crippen LogP contribution in [0.15, 0.2) is 48.5 Å². The highest BCUT2D eigenvalue weighted by Crippen LogP contribution is 2.05. The van der Waals surface area contributed by atoms with Gasteiger partial charge in [-0.05, 0) is 36.6 Å². The summed E-state index contributed by atoms with van der Waals surface area (Å²) in [5, 5.41) is 12.4. The van der Waals surface area contributed by atoms with E-state index in [1.165, 1.54) is 16.7 Å². The molecular formula is C17H21NO. The van der Waals surface area contributed by atoms with Gasteiger partial charge in [0.15, 0.2) is 0 Å². The van der Waals surface area contributed by atoms with Crippen molar-refractivity contribution in [3.63, 3.8) is 0 Å². The Morgan fingerprint density at radius 2 is 1.68 bits per heavy atom. The van der Waals surface area contributed by atoms with Crippen molar-refractivity contribution in [3.8, 4) is 0 Å². The van der Waals surface area contributed by atoms with Crippen molar-refractivity contribution in [1.82, 2.24) is 5.32 Å². The van der Waals surface area contributed by atoms with Crippen molar-refractivity contribution in [1.29, 1.82) is 0 Å². The summed E-state index contributed by atoms with van der Waals surface area (Å²) in [4.78, 5) is 0. The molecule has 0 radical (unpaired) electrons. The Balaban J connectivity index is 1.74. The van der Waals surface area contributed by atoms with Crippen LogP contribution in [0.5, 0.6) is 0 Å². The highest BCUT2D eigenvalue weighted by atomic mass is 16.3. The van der Waals surface area contributed by atoms with E-state index in [-0.39, 0.29) is 6.61 Å². The predicted molar refractivity (Wildman–Crippen MR) is 79.0 cm³/mol. The average Bonchev–Trinajstić information content (AvgIpc) is 2.44. The second kappa shape index (κ2) is 7.07. The Kier molecular flexibility index (Phi) is 5.13. The van der Waals surface area contributed by atoms with Gasteiger partial charge in [-0.25, -0.2) is 0 Å². The van der Waals surface area contributed by atoms with Gasteiger partial charge in [-0.15, -0.1) is 0 Å². The lowest BCUT2D eigenvalue weighted by Crippen LogP contribution is -2.16. The summed E-state index contributed by atoms with van der Waals surface area (Å²) >= 11 is 0. The van der Waals surface area contributed by atoms with E-state index in [0.717, 1.165) is 25.1 Å². The first-order valence-corrected chi connectivity index (χ1v) is 6.73. The fraction of sp³-hybridized carbons (Fsp3) is 0.294. The molecule has 0 amide bonds. The van der Waals surface area contributed by atoms with Crippen LogP contribution in [-0.4, -0.2) is 11.7 Å². The van der Waals surface area contributed by atoms with Crippen LogP contribution in [0.3, 0.4) is 0 Å². The van der Waals surface area contributed by atoms with Gasteiger partial charge in [-0.1, -0.05) is 54.1 Å². The number of benzene rings is 2. The predicted octanol–water partition coefficient (Wildman–Crippen LogP) is 2.82. The third-order valence-electron chi connectivity index (χ3n) is 3.21. The van der Waals surface area contributed by atoms with Crippen molar-refractivity contribution in [3.05, 3.63) is 70.8 Å². The monoisotopic (exact) mass is 255 g/mol. The minimum Gasteiger partial charge on any atom is -0.392 e. The minimum absolute atomic E-state index is 0.112. The maximum Gasteiger partial charge on any atom is 0.0681 e. The van der Waals surface area contributed by atoms with Crippen LogP contribution in [0.1, 0.15) is 22.3 Å². The first-order valence-electron chi connectivity index (χ1n) is 6.73. The van der Waals surface area contributed by atoms with Crippen LogP contribution in [0.2, 0.25) is 0 Å². The Labute approximate surface area is 115 Å². The highest BCUT2D eigenvalue weighted by molar-refractivity contribution is 5.23. The molecule has 0 bridgehead atoms. The third kappa shape index (κ3) is 4.51. The number of hydrogen-bond donors (Lipinski definition) is 2. The molecule has 2 heteroatoms. The van der Waals surface area contributed by atoms with Crippen LogP contribution in [0, 0.1) is 6.92 Å². The summed E-state index contributed by atoms with van der Waals surface area (Å²) in [6.45, 7) is 4.09. The van der Waals surface area contributed by atoms with Gasteiger partial charge in [0, 0.05) is 6.54 Å². The Bertz CT molecular complexity index is 505. The number of aliphatic hydroxyl groups is 1. The molecule has 0 fully saturated rings. The first-order chi connectivity index (χ1) is 9.28. The first kappa shape index (κ1) is 13.8. The summed E-state index contributed by atoms with van der Waals surface area (Å²) in [5.74, 6) is 0. The normalized spacial score (nSPS) is 10.6. The lowest BCUT2D eigenvalue weighted by atomic mass is 10.1. The molecule has 2 N–H and O–H groups in total. The zero-order valence-electron chi connectivity index (χ0n) is 11.4. The molecule has 2 aromatic rings. The zero-order chi connectivity index (χ0) is 13.5. The Morgan fingerprint density at radius 3 is 2.37 bits per heavy atom. The van der Waals surface area contributed by atoms with E-state index in [9.17, 15) is 0 Å². The largest absolute Gasteiger partial charge is 0.392 e. The molecular weight excluding hydrogens is 234 g/mol. The van der Waals surface area contributed by atoms with Crippen LogP contribution in [0.4, 0.5) is 0 Å². The van der Waals surface area contributed by atoms with E-state index < -0.39 is 0 Å². The molecule has 0 unspecified atom stereocenters. The molecule has 0 aliphatic heterocycles. The molecule has 0 atom stereocenters. The van der Waals surface area contributed by atoms with E-state index in [2.05, 4.69) is 48.6 Å². The molecule has 0 saturated heterocycles.